The predicted molar refractivity (Wildman–Crippen MR) is 184 cm³/mol. The lowest BCUT2D eigenvalue weighted by Crippen LogP contribution is -2.55. The fraction of sp³-hybridized carbons (Fsp3) is 0.469. The molecule has 2 fully saturated rings. The number of amides is 1. The van der Waals surface area contributed by atoms with Gasteiger partial charge in [0.05, 0.1) is 23.3 Å². The van der Waals surface area contributed by atoms with Gasteiger partial charge in [-0.1, -0.05) is 23.7 Å². The van der Waals surface area contributed by atoms with Crippen molar-refractivity contribution in [2.45, 2.75) is 45.3 Å². The minimum Gasteiger partial charge on any atom is -0.444 e. The minimum atomic E-state index is -1.22. The number of rotatable bonds is 8. The first-order chi connectivity index (χ1) is 21.9. The maximum Gasteiger partial charge on any atom is 0.410 e. The molecule has 1 unspecified atom stereocenters. The molecule has 0 bridgehead atoms. The number of para-hydroxylation sites is 2. The van der Waals surface area contributed by atoms with Crippen LogP contribution < -0.4 is 19.8 Å². The van der Waals surface area contributed by atoms with E-state index in [1.807, 2.05) is 51.1 Å². The van der Waals surface area contributed by atoms with E-state index in [0.29, 0.717) is 47.0 Å². The summed E-state index contributed by atoms with van der Waals surface area (Å²) in [4.78, 5) is 27.5. The number of piperidine rings is 1. The van der Waals surface area contributed by atoms with Crippen LogP contribution in [0.3, 0.4) is 0 Å². The van der Waals surface area contributed by atoms with Crippen molar-refractivity contribution in [1.29, 1.82) is 0 Å². The average molecular weight is 673 g/mol. The Hall–Kier alpha value is -3.68. The molecule has 11 nitrogen and oxygen atoms in total. The fourth-order valence-electron chi connectivity index (χ4n) is 5.67. The molecular formula is C32H42ClFN8O3S. The third-order valence-electron chi connectivity index (χ3n) is 8.12. The molecule has 14 heteroatoms. The van der Waals surface area contributed by atoms with E-state index in [9.17, 15) is 9.00 Å². The standard InChI is InChI=1S/C32H42ClFN8O3S/c1-32(2,3)45-31(43)42-18-16-40(17-19-42)23-12-14-41(15-13-23)27-11-10-22(20-25(27)34)36-30-35-21-24(33)29(38-30)37-26-8-6-7-9-28(26)39(4)46(5)44/h6-11,20-21,23H,12-19H2,1-5H3,(H2,35,36,37,38). The molecule has 0 spiro atoms. The highest BCUT2D eigenvalue weighted by Crippen LogP contribution is 2.32. The summed E-state index contributed by atoms with van der Waals surface area (Å²) >= 11 is 6.40. The van der Waals surface area contributed by atoms with Crippen LogP contribution >= 0.6 is 11.6 Å². The van der Waals surface area contributed by atoms with Gasteiger partial charge in [-0.3, -0.25) is 9.21 Å². The van der Waals surface area contributed by atoms with E-state index in [1.54, 1.807) is 28.6 Å². The average Bonchev–Trinajstić information content (AvgIpc) is 3.02. The molecule has 0 saturated carbocycles. The van der Waals surface area contributed by atoms with E-state index in [4.69, 9.17) is 16.3 Å². The first-order valence-corrected chi connectivity index (χ1v) is 17.3. The van der Waals surface area contributed by atoms with Crippen LogP contribution in [0.15, 0.2) is 48.7 Å². The van der Waals surface area contributed by atoms with Crippen molar-refractivity contribution in [3.63, 3.8) is 0 Å². The molecule has 248 valence electrons. The highest BCUT2D eigenvalue weighted by molar-refractivity contribution is 7.85. The topological polar surface area (TPSA) is 106 Å². The van der Waals surface area contributed by atoms with E-state index in [-0.39, 0.29) is 17.9 Å². The number of hydrogen-bond donors (Lipinski definition) is 2. The molecule has 2 aliphatic rings. The normalized spacial score (nSPS) is 17.0. The second-order valence-electron chi connectivity index (χ2n) is 12.5. The molecule has 1 amide bonds. The summed E-state index contributed by atoms with van der Waals surface area (Å²) in [6, 6.07) is 12.8. The van der Waals surface area contributed by atoms with Gasteiger partial charge >= 0.3 is 6.09 Å². The van der Waals surface area contributed by atoms with Gasteiger partial charge in [0.15, 0.2) is 5.82 Å². The van der Waals surface area contributed by atoms with Crippen LogP contribution in [0.25, 0.3) is 0 Å². The van der Waals surface area contributed by atoms with Crippen molar-refractivity contribution in [2.24, 2.45) is 0 Å². The van der Waals surface area contributed by atoms with Gasteiger partial charge in [-0.05, 0) is 63.9 Å². The van der Waals surface area contributed by atoms with Gasteiger partial charge in [-0.25, -0.2) is 18.4 Å². The highest BCUT2D eigenvalue weighted by atomic mass is 35.5. The molecule has 2 aliphatic heterocycles. The summed E-state index contributed by atoms with van der Waals surface area (Å²) in [5.74, 6) is 0.274. The molecule has 2 N–H and O–H groups in total. The Bertz CT molecular complexity index is 1560. The lowest BCUT2D eigenvalue weighted by Gasteiger charge is -2.43. The van der Waals surface area contributed by atoms with Crippen LogP contribution in [-0.4, -0.2) is 94.3 Å². The van der Waals surface area contributed by atoms with E-state index in [0.717, 1.165) is 44.7 Å². The van der Waals surface area contributed by atoms with Crippen molar-refractivity contribution < 1.29 is 18.1 Å². The number of halogens is 2. The highest BCUT2D eigenvalue weighted by Gasteiger charge is 2.31. The Labute approximate surface area is 277 Å². The van der Waals surface area contributed by atoms with Crippen LogP contribution in [0, 0.1) is 5.82 Å². The largest absolute Gasteiger partial charge is 0.444 e. The Kier molecular flexibility index (Phi) is 10.5. The van der Waals surface area contributed by atoms with Gasteiger partial charge in [-0.15, -0.1) is 0 Å². The third-order valence-corrected chi connectivity index (χ3v) is 9.36. The van der Waals surface area contributed by atoms with Crippen LogP contribution in [0.2, 0.25) is 5.02 Å². The first kappa shape index (κ1) is 33.7. The zero-order chi connectivity index (χ0) is 33.0. The zero-order valence-corrected chi connectivity index (χ0v) is 28.5. The van der Waals surface area contributed by atoms with Crippen molar-refractivity contribution in [3.05, 3.63) is 59.5 Å². The van der Waals surface area contributed by atoms with Crippen LogP contribution in [0.4, 0.5) is 43.7 Å². The van der Waals surface area contributed by atoms with Gasteiger partial charge in [0, 0.05) is 64.3 Å². The summed E-state index contributed by atoms with van der Waals surface area (Å²) in [7, 11) is 0.516. The Balaban J connectivity index is 1.17. The minimum absolute atomic E-state index is 0.247. The lowest BCUT2D eigenvalue weighted by molar-refractivity contribution is 0.00901. The van der Waals surface area contributed by atoms with Crippen molar-refractivity contribution in [2.75, 3.05) is 72.4 Å². The van der Waals surface area contributed by atoms with Gasteiger partial charge in [0.1, 0.15) is 27.4 Å². The number of hydrogen-bond acceptors (Lipinski definition) is 9. The maximum absolute atomic E-state index is 15.4. The molecule has 5 rings (SSSR count). The van der Waals surface area contributed by atoms with Crippen molar-refractivity contribution in [1.82, 2.24) is 19.8 Å². The number of carbonyl (C=O) groups is 1. The Morgan fingerprint density at radius 1 is 1.07 bits per heavy atom. The predicted octanol–water partition coefficient (Wildman–Crippen LogP) is 6.01. The molecule has 2 aromatic carbocycles. The first-order valence-electron chi connectivity index (χ1n) is 15.4. The van der Waals surface area contributed by atoms with E-state index in [2.05, 4.69) is 30.4 Å². The van der Waals surface area contributed by atoms with Gasteiger partial charge in [0.2, 0.25) is 5.95 Å². The molecular weight excluding hydrogens is 631 g/mol. The fourth-order valence-corrected chi connectivity index (χ4v) is 6.25. The third kappa shape index (κ3) is 8.37. The molecule has 3 heterocycles. The van der Waals surface area contributed by atoms with E-state index < -0.39 is 16.6 Å². The molecule has 1 aromatic heterocycles. The SMILES string of the molecule is CN(c1ccccc1Nc1nc(Nc2ccc(N3CCC(N4CCN(C(=O)OC(C)(C)C)CC4)CC3)c(F)c2)ncc1Cl)S(C)=O. The number of piperazine rings is 1. The molecule has 0 radical (unpaired) electrons. The lowest BCUT2D eigenvalue weighted by atomic mass is 10.0. The van der Waals surface area contributed by atoms with Gasteiger partial charge in [-0.2, -0.15) is 4.98 Å². The number of carbonyl (C=O) groups excluding carboxylic acids is 1. The Morgan fingerprint density at radius 2 is 1.76 bits per heavy atom. The Morgan fingerprint density at radius 3 is 2.41 bits per heavy atom. The molecule has 1 atom stereocenters. The summed E-state index contributed by atoms with van der Waals surface area (Å²) in [5, 5.41) is 6.58. The number of nitrogens with one attached hydrogen (secondary N) is 2. The van der Waals surface area contributed by atoms with Crippen molar-refractivity contribution >= 4 is 63.2 Å². The molecule has 46 heavy (non-hydrogen) atoms. The number of aromatic nitrogens is 2. The molecule has 3 aromatic rings. The number of anilines is 6. The van der Waals surface area contributed by atoms with Crippen LogP contribution in [-0.2, 0) is 15.7 Å². The summed E-state index contributed by atoms with van der Waals surface area (Å²) in [6.07, 6.45) is 4.66. The van der Waals surface area contributed by atoms with Gasteiger partial charge in [0.25, 0.3) is 0 Å². The van der Waals surface area contributed by atoms with E-state index in [1.165, 1.54) is 12.3 Å². The quantitative estimate of drug-likeness (QED) is 0.298. The summed E-state index contributed by atoms with van der Waals surface area (Å²) in [6.45, 7) is 10.1. The second-order valence-corrected chi connectivity index (χ2v) is 14.3. The number of nitrogens with zero attached hydrogens (tertiary/aromatic N) is 6. The molecule has 0 aliphatic carbocycles. The van der Waals surface area contributed by atoms with E-state index >= 15 is 4.39 Å². The van der Waals surface area contributed by atoms with Crippen molar-refractivity contribution in [3.8, 4) is 0 Å². The van der Waals surface area contributed by atoms with Crippen LogP contribution in [0.5, 0.6) is 0 Å². The monoisotopic (exact) mass is 672 g/mol. The number of ether oxygens (including phenoxy) is 1. The smallest absolute Gasteiger partial charge is 0.410 e. The summed E-state index contributed by atoms with van der Waals surface area (Å²) < 4.78 is 34.6. The summed E-state index contributed by atoms with van der Waals surface area (Å²) in [5.41, 5.74) is 1.96. The van der Waals surface area contributed by atoms with Gasteiger partial charge < -0.3 is 25.2 Å². The number of benzene rings is 2. The van der Waals surface area contributed by atoms with Crippen LogP contribution in [0.1, 0.15) is 33.6 Å². The molecule has 2 saturated heterocycles. The zero-order valence-electron chi connectivity index (χ0n) is 26.9. The second kappa shape index (κ2) is 14.4. The maximum atomic E-state index is 15.4.